The predicted molar refractivity (Wildman–Crippen MR) is 106 cm³/mol. The highest BCUT2D eigenvalue weighted by atomic mass is 16.1. The average Bonchev–Trinajstić information content (AvgIpc) is 2.97. The fourth-order valence-electron chi connectivity index (χ4n) is 3.15. The lowest BCUT2D eigenvalue weighted by atomic mass is 9.98. The van der Waals surface area contributed by atoms with Crippen LogP contribution in [0.4, 0.5) is 5.69 Å². The molecule has 1 amide bonds. The maximum Gasteiger partial charge on any atom is 0.224 e. The molecule has 0 aliphatic carbocycles. The number of carbonyl (C=O) groups is 1. The lowest BCUT2D eigenvalue weighted by Crippen LogP contribution is -2.26. The summed E-state index contributed by atoms with van der Waals surface area (Å²) >= 11 is 0. The minimum absolute atomic E-state index is 0.0415. The first-order chi connectivity index (χ1) is 11.9. The number of nitrogens with one attached hydrogen (secondary N) is 2. The molecular weight excluding hydrogens is 310 g/mol. The first-order valence-electron chi connectivity index (χ1n) is 8.78. The van der Waals surface area contributed by atoms with Crippen LogP contribution in [-0.2, 0) is 11.3 Å². The van der Waals surface area contributed by atoms with Crippen LogP contribution < -0.4 is 15.9 Å². The smallest absolute Gasteiger partial charge is 0.224 e. The van der Waals surface area contributed by atoms with E-state index in [2.05, 4.69) is 40.3 Å². The van der Waals surface area contributed by atoms with E-state index in [-0.39, 0.29) is 11.8 Å². The Kier molecular flexibility index (Phi) is 6.59. The molecule has 1 atom stereocenters. The van der Waals surface area contributed by atoms with Gasteiger partial charge in [0.05, 0.1) is 0 Å². The van der Waals surface area contributed by atoms with Gasteiger partial charge in [-0.15, -0.1) is 0 Å². The summed E-state index contributed by atoms with van der Waals surface area (Å²) in [5.41, 5.74) is 3.23. The van der Waals surface area contributed by atoms with E-state index in [1.54, 1.807) is 0 Å². The number of nitrogens with zero attached hydrogens (tertiary/aromatic N) is 1. The summed E-state index contributed by atoms with van der Waals surface area (Å²) in [6.45, 7) is 7.00. The highest BCUT2D eigenvalue weighted by Crippen LogP contribution is 2.17. The normalized spacial score (nSPS) is 14.2. The van der Waals surface area contributed by atoms with Crippen molar-refractivity contribution in [3.8, 4) is 0 Å². The molecule has 0 saturated carbocycles. The number of amides is 1. The summed E-state index contributed by atoms with van der Waals surface area (Å²) < 4.78 is 0. The van der Waals surface area contributed by atoms with Gasteiger partial charge in [0.1, 0.15) is 0 Å². The number of aromatic amines is 1. The van der Waals surface area contributed by atoms with Crippen LogP contribution in [0.1, 0.15) is 44.2 Å². The molecule has 0 fully saturated rings. The van der Waals surface area contributed by atoms with Gasteiger partial charge < -0.3 is 15.2 Å². The Hall–Kier alpha value is -2.33. The van der Waals surface area contributed by atoms with Crippen LogP contribution >= 0.6 is 0 Å². The Morgan fingerprint density at radius 2 is 2.04 bits per heavy atom. The molecule has 1 heterocycles. The maximum atomic E-state index is 12.5. The Morgan fingerprint density at radius 1 is 1.28 bits per heavy atom. The zero-order valence-electron chi connectivity index (χ0n) is 15.9. The summed E-state index contributed by atoms with van der Waals surface area (Å²) in [5.74, 6) is 0.195. The summed E-state index contributed by atoms with van der Waals surface area (Å²) in [4.78, 5) is 17.8. The van der Waals surface area contributed by atoms with Crippen molar-refractivity contribution in [3.05, 3.63) is 52.2 Å². The van der Waals surface area contributed by atoms with Crippen molar-refractivity contribution in [2.24, 2.45) is 0 Å². The van der Waals surface area contributed by atoms with Crippen molar-refractivity contribution < 1.29 is 4.79 Å². The van der Waals surface area contributed by atoms with E-state index in [9.17, 15) is 4.79 Å². The molecule has 2 aromatic rings. The second-order valence-electron chi connectivity index (χ2n) is 6.74. The highest BCUT2D eigenvalue weighted by Gasteiger charge is 2.14. The molecule has 1 unspecified atom stereocenters. The predicted octanol–water partition coefficient (Wildman–Crippen LogP) is 2.81. The van der Waals surface area contributed by atoms with Gasteiger partial charge in [0.25, 0.3) is 0 Å². The molecule has 4 nitrogen and oxygen atoms in total. The number of benzene rings is 1. The van der Waals surface area contributed by atoms with E-state index in [0.717, 1.165) is 17.6 Å². The Morgan fingerprint density at radius 3 is 2.68 bits per heavy atom. The molecule has 1 aromatic carbocycles. The third-order valence-corrected chi connectivity index (χ3v) is 4.29. The van der Waals surface area contributed by atoms with Gasteiger partial charge in [-0.25, -0.2) is 0 Å². The number of anilines is 1. The van der Waals surface area contributed by atoms with E-state index < -0.39 is 0 Å². The second kappa shape index (κ2) is 8.67. The Labute approximate surface area is 150 Å². The topological polar surface area (TPSA) is 48.1 Å². The molecule has 25 heavy (non-hydrogen) atoms. The third-order valence-electron chi connectivity index (χ3n) is 4.29. The first-order valence-corrected chi connectivity index (χ1v) is 8.78. The van der Waals surface area contributed by atoms with E-state index in [1.165, 1.54) is 16.3 Å². The quantitative estimate of drug-likeness (QED) is 0.850. The molecule has 134 valence electrons. The summed E-state index contributed by atoms with van der Waals surface area (Å²) in [5, 5.41) is 5.33. The molecule has 1 aromatic heterocycles. The summed E-state index contributed by atoms with van der Waals surface area (Å²) in [6, 6.07) is 8.03. The largest absolute Gasteiger partial charge is 0.361 e. The second-order valence-corrected chi connectivity index (χ2v) is 6.74. The van der Waals surface area contributed by atoms with E-state index >= 15 is 0 Å². The number of H-pyrrole nitrogens is 1. The van der Waals surface area contributed by atoms with E-state index in [1.807, 2.05) is 52.3 Å². The van der Waals surface area contributed by atoms with Crippen LogP contribution in [0.2, 0.25) is 0 Å². The monoisotopic (exact) mass is 339 g/mol. The van der Waals surface area contributed by atoms with E-state index in [0.29, 0.717) is 6.42 Å². The molecule has 2 N–H and O–H groups in total. The minimum atomic E-state index is 0.0415. The van der Waals surface area contributed by atoms with Gasteiger partial charge in [-0.2, -0.15) is 0 Å². The maximum absolute atomic E-state index is 12.5. The summed E-state index contributed by atoms with van der Waals surface area (Å²) in [7, 11) is 4.07. The van der Waals surface area contributed by atoms with Crippen molar-refractivity contribution in [1.29, 1.82) is 0 Å². The van der Waals surface area contributed by atoms with Gasteiger partial charge in [-0.1, -0.05) is 31.2 Å². The fourth-order valence-corrected chi connectivity index (χ4v) is 3.15. The number of rotatable bonds is 6. The molecule has 2 rings (SSSR count). The van der Waals surface area contributed by atoms with Gasteiger partial charge >= 0.3 is 0 Å². The van der Waals surface area contributed by atoms with Crippen molar-refractivity contribution in [1.82, 2.24) is 9.88 Å². The van der Waals surface area contributed by atoms with Crippen LogP contribution in [0.25, 0.3) is 12.2 Å². The molecule has 0 aliphatic heterocycles. The van der Waals surface area contributed by atoms with Crippen LogP contribution in [0.15, 0.2) is 30.5 Å². The summed E-state index contributed by atoms with van der Waals surface area (Å²) in [6.07, 6.45) is 6.63. The van der Waals surface area contributed by atoms with Gasteiger partial charge in [-0.05, 0) is 62.3 Å². The van der Waals surface area contributed by atoms with Gasteiger partial charge in [0.15, 0.2) is 0 Å². The van der Waals surface area contributed by atoms with Gasteiger partial charge in [0, 0.05) is 30.2 Å². The molecule has 0 saturated heterocycles. The Balaban J connectivity index is 2.07. The lowest BCUT2D eigenvalue weighted by molar-refractivity contribution is -0.116. The number of aromatic nitrogens is 1. The Bertz CT molecular complexity index is 833. The van der Waals surface area contributed by atoms with Crippen molar-refractivity contribution in [2.75, 3.05) is 19.4 Å². The zero-order chi connectivity index (χ0) is 18.4. The molecule has 0 spiro atoms. The highest BCUT2D eigenvalue weighted by molar-refractivity contribution is 5.91. The number of hydrogen-bond donors (Lipinski definition) is 2. The lowest BCUT2D eigenvalue weighted by Gasteiger charge is -2.13. The number of carbonyl (C=O) groups excluding carboxylic acids is 1. The van der Waals surface area contributed by atoms with Crippen LogP contribution in [0, 0.1) is 0 Å². The average molecular weight is 339 g/mol. The van der Waals surface area contributed by atoms with Crippen molar-refractivity contribution in [2.45, 2.75) is 39.7 Å². The van der Waals surface area contributed by atoms with Crippen molar-refractivity contribution >= 4 is 23.7 Å². The molecule has 0 bridgehead atoms. The minimum Gasteiger partial charge on any atom is -0.361 e. The first kappa shape index (κ1) is 19.0. The SMILES string of the molecule is C/C=c1/c(C(C)CC(=O)Nc2cccc(CN(C)C)c2)c[nH]/c1=C/C. The molecule has 4 heteroatoms. The van der Waals surface area contributed by atoms with Crippen molar-refractivity contribution in [3.63, 3.8) is 0 Å². The standard InChI is InChI=1S/C21H29N3O/c1-6-18-19(13-22-20(18)7-2)15(3)11-21(25)23-17-10-8-9-16(12-17)14-24(4)5/h6-10,12-13,15,22H,11,14H2,1-5H3,(H,23,25)/b18-6-,20-7+. The van der Waals surface area contributed by atoms with Crippen LogP contribution in [0.3, 0.4) is 0 Å². The molecule has 0 aliphatic rings. The third kappa shape index (κ3) is 5.07. The zero-order valence-corrected chi connectivity index (χ0v) is 15.9. The fraction of sp³-hybridized carbons (Fsp3) is 0.381. The van der Waals surface area contributed by atoms with Gasteiger partial charge in [-0.3, -0.25) is 4.79 Å². The van der Waals surface area contributed by atoms with Gasteiger partial charge in [0.2, 0.25) is 5.91 Å². The van der Waals surface area contributed by atoms with E-state index in [4.69, 9.17) is 0 Å². The number of hydrogen-bond acceptors (Lipinski definition) is 2. The van der Waals surface area contributed by atoms with Crippen LogP contribution in [0.5, 0.6) is 0 Å². The van der Waals surface area contributed by atoms with Crippen LogP contribution in [-0.4, -0.2) is 29.9 Å². The molecular formula is C21H29N3O. The molecule has 0 radical (unpaired) electrons.